The maximum absolute atomic E-state index is 11.9. The van der Waals surface area contributed by atoms with Crippen LogP contribution in [0.1, 0.15) is 24.9 Å². The third-order valence-electron chi connectivity index (χ3n) is 2.72. The molecular formula is C13H18ClNO2S. The van der Waals surface area contributed by atoms with Crippen molar-refractivity contribution in [2.24, 2.45) is 0 Å². The minimum Gasteiger partial charge on any atom is -0.394 e. The van der Waals surface area contributed by atoms with Gasteiger partial charge >= 0.3 is 0 Å². The van der Waals surface area contributed by atoms with Crippen molar-refractivity contribution in [3.05, 3.63) is 34.9 Å². The van der Waals surface area contributed by atoms with E-state index in [2.05, 4.69) is 5.32 Å². The van der Waals surface area contributed by atoms with E-state index in [1.165, 1.54) is 11.8 Å². The third-order valence-corrected chi connectivity index (χ3v) is 4.09. The van der Waals surface area contributed by atoms with E-state index in [1.807, 2.05) is 25.3 Å². The average molecular weight is 288 g/mol. The van der Waals surface area contributed by atoms with Gasteiger partial charge in [0.05, 0.1) is 17.9 Å². The van der Waals surface area contributed by atoms with Crippen LogP contribution < -0.4 is 5.32 Å². The van der Waals surface area contributed by atoms with E-state index in [1.54, 1.807) is 12.1 Å². The lowest BCUT2D eigenvalue weighted by Crippen LogP contribution is -2.36. The molecule has 2 N–H and O–H groups in total. The molecule has 1 aromatic rings. The molecule has 0 aromatic heterocycles. The summed E-state index contributed by atoms with van der Waals surface area (Å²) < 4.78 is 0. The fraction of sp³-hybridized carbons (Fsp3) is 0.462. The maximum atomic E-state index is 11.9. The molecule has 1 amide bonds. The highest BCUT2D eigenvalue weighted by Crippen LogP contribution is 2.18. The molecule has 0 heterocycles. The Balaban J connectivity index is 2.73. The van der Waals surface area contributed by atoms with Gasteiger partial charge in [-0.2, -0.15) is 11.8 Å². The van der Waals surface area contributed by atoms with Crippen LogP contribution >= 0.6 is 23.4 Å². The Morgan fingerprint density at radius 2 is 2.06 bits per heavy atom. The number of aliphatic hydroxyl groups is 1. The molecule has 18 heavy (non-hydrogen) atoms. The van der Waals surface area contributed by atoms with E-state index in [0.717, 1.165) is 12.0 Å². The molecule has 2 unspecified atom stereocenters. The molecule has 5 heteroatoms. The van der Waals surface area contributed by atoms with E-state index in [0.29, 0.717) is 5.02 Å². The molecule has 100 valence electrons. The first-order valence-electron chi connectivity index (χ1n) is 5.81. The second-order valence-corrected chi connectivity index (χ2v) is 5.40. The summed E-state index contributed by atoms with van der Waals surface area (Å²) in [4.78, 5) is 11.9. The molecule has 0 aliphatic heterocycles. The quantitative estimate of drug-likeness (QED) is 0.846. The summed E-state index contributed by atoms with van der Waals surface area (Å²) in [6.07, 6.45) is 2.68. The van der Waals surface area contributed by atoms with Crippen molar-refractivity contribution in [1.82, 2.24) is 5.32 Å². The van der Waals surface area contributed by atoms with Crippen LogP contribution in [0.25, 0.3) is 0 Å². The Hall–Kier alpha value is -0.710. The summed E-state index contributed by atoms with van der Waals surface area (Å²) >= 11 is 7.32. The summed E-state index contributed by atoms with van der Waals surface area (Å²) in [5, 5.41) is 12.8. The number of thioether (sulfide) groups is 1. The standard InChI is InChI=1S/C13H18ClNO2S/c1-3-12(18-2)13(17)15-11(8-16)9-4-6-10(14)7-5-9/h4-7,11-12,16H,3,8H2,1-2H3,(H,15,17). The van der Waals surface area contributed by atoms with Gasteiger partial charge in [0.2, 0.25) is 5.91 Å². The van der Waals surface area contributed by atoms with Gasteiger partial charge in [0.1, 0.15) is 0 Å². The molecule has 1 rings (SSSR count). The molecule has 0 bridgehead atoms. The first-order valence-corrected chi connectivity index (χ1v) is 7.48. The molecule has 1 aromatic carbocycles. The molecule has 0 fully saturated rings. The Bertz CT molecular complexity index is 379. The van der Waals surface area contributed by atoms with Gasteiger partial charge in [-0.15, -0.1) is 0 Å². The third kappa shape index (κ3) is 4.19. The molecule has 0 saturated carbocycles. The average Bonchev–Trinajstić information content (AvgIpc) is 2.38. The zero-order chi connectivity index (χ0) is 13.5. The Morgan fingerprint density at radius 1 is 1.44 bits per heavy atom. The largest absolute Gasteiger partial charge is 0.394 e. The van der Waals surface area contributed by atoms with Gasteiger partial charge in [-0.05, 0) is 30.4 Å². The summed E-state index contributed by atoms with van der Waals surface area (Å²) in [6.45, 7) is 1.84. The number of benzene rings is 1. The van der Waals surface area contributed by atoms with E-state index in [4.69, 9.17) is 11.6 Å². The molecule has 3 nitrogen and oxygen atoms in total. The zero-order valence-corrected chi connectivity index (χ0v) is 12.1. The highest BCUT2D eigenvalue weighted by molar-refractivity contribution is 7.99. The monoisotopic (exact) mass is 287 g/mol. The van der Waals surface area contributed by atoms with Gasteiger partial charge in [0.25, 0.3) is 0 Å². The number of hydrogen-bond acceptors (Lipinski definition) is 3. The number of carbonyl (C=O) groups excluding carboxylic acids is 1. The van der Waals surface area contributed by atoms with Crippen LogP contribution in [0.15, 0.2) is 24.3 Å². The van der Waals surface area contributed by atoms with E-state index >= 15 is 0 Å². The topological polar surface area (TPSA) is 49.3 Å². The first-order chi connectivity index (χ1) is 8.62. The number of carbonyl (C=O) groups is 1. The molecule has 0 aliphatic rings. The molecule has 2 atom stereocenters. The normalized spacial score (nSPS) is 14.0. The van der Waals surface area contributed by atoms with Crippen molar-refractivity contribution >= 4 is 29.3 Å². The zero-order valence-electron chi connectivity index (χ0n) is 10.5. The fourth-order valence-electron chi connectivity index (χ4n) is 1.65. The lowest BCUT2D eigenvalue weighted by molar-refractivity contribution is -0.121. The molecule has 0 aliphatic carbocycles. The van der Waals surface area contributed by atoms with Crippen molar-refractivity contribution in [1.29, 1.82) is 0 Å². The lowest BCUT2D eigenvalue weighted by atomic mass is 10.1. The highest BCUT2D eigenvalue weighted by atomic mass is 35.5. The number of rotatable bonds is 6. The summed E-state index contributed by atoms with van der Waals surface area (Å²) in [7, 11) is 0. The van der Waals surface area contributed by atoms with Gasteiger partial charge in [-0.3, -0.25) is 4.79 Å². The van der Waals surface area contributed by atoms with E-state index in [9.17, 15) is 9.90 Å². The van der Waals surface area contributed by atoms with Crippen LogP contribution in [0, 0.1) is 0 Å². The van der Waals surface area contributed by atoms with Crippen LogP contribution in [-0.2, 0) is 4.79 Å². The van der Waals surface area contributed by atoms with Crippen LogP contribution in [0.2, 0.25) is 5.02 Å². The van der Waals surface area contributed by atoms with Crippen LogP contribution in [0.3, 0.4) is 0 Å². The maximum Gasteiger partial charge on any atom is 0.233 e. The van der Waals surface area contributed by atoms with Gasteiger partial charge in [-0.25, -0.2) is 0 Å². The highest BCUT2D eigenvalue weighted by Gasteiger charge is 2.19. The van der Waals surface area contributed by atoms with Crippen LogP contribution in [-0.4, -0.2) is 29.1 Å². The van der Waals surface area contributed by atoms with Gasteiger partial charge < -0.3 is 10.4 Å². The predicted molar refractivity (Wildman–Crippen MR) is 77.0 cm³/mol. The number of aliphatic hydroxyl groups excluding tert-OH is 1. The minimum absolute atomic E-state index is 0.0426. The summed E-state index contributed by atoms with van der Waals surface area (Å²) in [6, 6.07) is 6.73. The van der Waals surface area contributed by atoms with Crippen LogP contribution in [0.5, 0.6) is 0 Å². The second kappa shape index (κ2) is 7.67. The Kier molecular flexibility index (Phi) is 6.54. The summed E-state index contributed by atoms with van der Waals surface area (Å²) in [5.41, 5.74) is 0.853. The molecular weight excluding hydrogens is 270 g/mol. The Morgan fingerprint density at radius 3 is 2.50 bits per heavy atom. The first kappa shape index (κ1) is 15.3. The van der Waals surface area contributed by atoms with Gasteiger partial charge in [0.15, 0.2) is 0 Å². The molecule has 0 radical (unpaired) electrons. The van der Waals surface area contributed by atoms with Crippen LogP contribution in [0.4, 0.5) is 0 Å². The van der Waals surface area contributed by atoms with Gasteiger partial charge in [-0.1, -0.05) is 30.7 Å². The van der Waals surface area contributed by atoms with Crippen molar-refractivity contribution < 1.29 is 9.90 Å². The number of hydrogen-bond donors (Lipinski definition) is 2. The van der Waals surface area contributed by atoms with Crippen molar-refractivity contribution in [3.63, 3.8) is 0 Å². The van der Waals surface area contributed by atoms with Gasteiger partial charge in [0, 0.05) is 5.02 Å². The predicted octanol–water partition coefficient (Wildman–Crippen LogP) is 2.63. The molecule has 0 spiro atoms. The summed E-state index contributed by atoms with van der Waals surface area (Å²) in [5.74, 6) is -0.0426. The van der Waals surface area contributed by atoms with Crippen molar-refractivity contribution in [2.45, 2.75) is 24.6 Å². The van der Waals surface area contributed by atoms with E-state index < -0.39 is 0 Å². The van der Waals surface area contributed by atoms with Crippen molar-refractivity contribution in [2.75, 3.05) is 12.9 Å². The van der Waals surface area contributed by atoms with Crippen molar-refractivity contribution in [3.8, 4) is 0 Å². The number of halogens is 1. The van der Waals surface area contributed by atoms with E-state index in [-0.39, 0.29) is 23.8 Å². The fourth-order valence-corrected chi connectivity index (χ4v) is 2.39. The second-order valence-electron chi connectivity index (χ2n) is 3.93. The number of amides is 1. The smallest absolute Gasteiger partial charge is 0.233 e. The minimum atomic E-state index is -0.379. The number of nitrogens with one attached hydrogen (secondary N) is 1. The SMILES string of the molecule is CCC(SC)C(=O)NC(CO)c1ccc(Cl)cc1. The molecule has 0 saturated heterocycles. The lowest BCUT2D eigenvalue weighted by Gasteiger charge is -2.20. The Labute approximate surface area is 117 Å².